The first-order chi connectivity index (χ1) is 12.1. The lowest BCUT2D eigenvalue weighted by Gasteiger charge is -2.28. The minimum atomic E-state index is -0.427. The second-order valence-electron chi connectivity index (χ2n) is 5.48. The number of carbonyl (C=O) groups excluding carboxylic acids is 1. The summed E-state index contributed by atoms with van der Waals surface area (Å²) in [5.41, 5.74) is 2.08. The maximum Gasteiger partial charge on any atom is 0.338 e. The highest BCUT2D eigenvalue weighted by atomic mass is 35.5. The van der Waals surface area contributed by atoms with Gasteiger partial charge in [-0.1, -0.05) is 30.7 Å². The molecule has 0 spiro atoms. The van der Waals surface area contributed by atoms with Gasteiger partial charge in [0.15, 0.2) is 0 Å². The molecule has 8 heteroatoms. The van der Waals surface area contributed by atoms with E-state index in [0.29, 0.717) is 28.8 Å². The van der Waals surface area contributed by atoms with Crippen molar-refractivity contribution < 1.29 is 9.53 Å². The average molecular weight is 379 g/mol. The average Bonchev–Trinajstić information content (AvgIpc) is 3.05. The number of aromatic nitrogens is 3. The molecule has 0 bridgehead atoms. The number of hydrogen-bond acceptors (Lipinski definition) is 6. The molecule has 1 N–H and O–H groups in total. The Morgan fingerprint density at radius 2 is 2.32 bits per heavy atom. The Balaban J connectivity index is 1.94. The van der Waals surface area contributed by atoms with E-state index in [-0.39, 0.29) is 5.97 Å². The standard InChI is InChI=1S/C17H19ClN4O2S/c1-3-25-8-7-24-16(23)14-11(2)21-17-19-10-20-22(17)15(14)12-5-4-6-13(18)9-12/h4-6,9-10,15H,3,7-8H2,1-2H3,(H,19,20,21)/t15-/m0/s1. The number of allylic oxidation sites excluding steroid dienone is 1. The zero-order chi connectivity index (χ0) is 17.8. The molecule has 1 aliphatic heterocycles. The molecule has 0 saturated carbocycles. The van der Waals surface area contributed by atoms with Crippen molar-refractivity contribution in [2.24, 2.45) is 0 Å². The van der Waals surface area contributed by atoms with Gasteiger partial charge in [0.1, 0.15) is 19.0 Å². The Labute approximate surface area is 155 Å². The normalized spacial score (nSPS) is 16.4. The fourth-order valence-corrected chi connectivity index (χ4v) is 3.44. The lowest BCUT2D eigenvalue weighted by Crippen LogP contribution is -2.30. The second-order valence-corrected chi connectivity index (χ2v) is 7.31. The molecule has 2 aromatic rings. The molecule has 1 atom stereocenters. The molecule has 0 aliphatic carbocycles. The smallest absolute Gasteiger partial charge is 0.338 e. The maximum atomic E-state index is 12.7. The van der Waals surface area contributed by atoms with Gasteiger partial charge in [0.2, 0.25) is 5.95 Å². The van der Waals surface area contributed by atoms with E-state index in [2.05, 4.69) is 22.3 Å². The van der Waals surface area contributed by atoms with Crippen LogP contribution in [0.2, 0.25) is 5.02 Å². The molecule has 1 aliphatic rings. The number of hydrogen-bond donors (Lipinski definition) is 1. The largest absolute Gasteiger partial charge is 0.461 e. The highest BCUT2D eigenvalue weighted by molar-refractivity contribution is 7.99. The SMILES string of the molecule is CCSCCOC(=O)C1=C(C)Nc2ncnn2[C@H]1c1cccc(Cl)c1. The summed E-state index contributed by atoms with van der Waals surface area (Å²) in [6, 6.07) is 6.97. The van der Waals surface area contributed by atoms with Gasteiger partial charge in [-0.05, 0) is 30.4 Å². The number of nitrogens with zero attached hydrogens (tertiary/aromatic N) is 3. The van der Waals surface area contributed by atoms with E-state index >= 15 is 0 Å². The van der Waals surface area contributed by atoms with Gasteiger partial charge in [-0.3, -0.25) is 0 Å². The molecule has 0 amide bonds. The van der Waals surface area contributed by atoms with Crippen LogP contribution in [0.25, 0.3) is 0 Å². The number of rotatable bonds is 6. The van der Waals surface area contributed by atoms with Crippen molar-refractivity contribution in [1.82, 2.24) is 14.8 Å². The molecule has 6 nitrogen and oxygen atoms in total. The van der Waals surface area contributed by atoms with Crippen LogP contribution in [-0.2, 0) is 9.53 Å². The van der Waals surface area contributed by atoms with E-state index in [0.717, 1.165) is 17.1 Å². The zero-order valence-corrected chi connectivity index (χ0v) is 15.6. The van der Waals surface area contributed by atoms with E-state index in [1.165, 1.54) is 6.33 Å². The van der Waals surface area contributed by atoms with Crippen LogP contribution in [-0.4, -0.2) is 38.8 Å². The molecule has 132 valence electrons. The Hall–Kier alpha value is -1.99. The Morgan fingerprint density at radius 1 is 1.48 bits per heavy atom. The third kappa shape index (κ3) is 3.82. The zero-order valence-electron chi connectivity index (χ0n) is 14.0. The van der Waals surface area contributed by atoms with E-state index in [1.807, 2.05) is 25.1 Å². The maximum absolute atomic E-state index is 12.7. The molecule has 0 unspecified atom stereocenters. The monoisotopic (exact) mass is 378 g/mol. The summed E-state index contributed by atoms with van der Waals surface area (Å²) in [7, 11) is 0. The molecule has 1 aromatic heterocycles. The summed E-state index contributed by atoms with van der Waals surface area (Å²) in [4.78, 5) is 17.0. The lowest BCUT2D eigenvalue weighted by atomic mass is 9.96. The molecular weight excluding hydrogens is 360 g/mol. The van der Waals surface area contributed by atoms with Gasteiger partial charge in [-0.15, -0.1) is 0 Å². The quantitative estimate of drug-likeness (QED) is 0.612. The summed E-state index contributed by atoms with van der Waals surface area (Å²) >= 11 is 7.88. The molecule has 0 fully saturated rings. The van der Waals surface area contributed by atoms with Crippen molar-refractivity contribution in [3.63, 3.8) is 0 Å². The second kappa shape index (κ2) is 7.93. The third-order valence-electron chi connectivity index (χ3n) is 3.84. The number of thioether (sulfide) groups is 1. The van der Waals surface area contributed by atoms with Crippen LogP contribution < -0.4 is 5.32 Å². The van der Waals surface area contributed by atoms with Crippen LogP contribution in [0.4, 0.5) is 5.95 Å². The van der Waals surface area contributed by atoms with Crippen molar-refractivity contribution in [3.05, 3.63) is 52.4 Å². The number of nitrogens with one attached hydrogen (secondary N) is 1. The van der Waals surface area contributed by atoms with Gasteiger partial charge in [0.05, 0.1) is 5.57 Å². The van der Waals surface area contributed by atoms with Crippen LogP contribution in [0.1, 0.15) is 25.5 Å². The number of halogens is 1. The van der Waals surface area contributed by atoms with Gasteiger partial charge in [0.25, 0.3) is 0 Å². The number of anilines is 1. The Morgan fingerprint density at radius 3 is 3.08 bits per heavy atom. The molecule has 25 heavy (non-hydrogen) atoms. The van der Waals surface area contributed by atoms with Gasteiger partial charge in [-0.25, -0.2) is 9.48 Å². The Kier molecular flexibility index (Phi) is 5.65. The highest BCUT2D eigenvalue weighted by Gasteiger charge is 2.34. The highest BCUT2D eigenvalue weighted by Crippen LogP contribution is 2.35. The summed E-state index contributed by atoms with van der Waals surface area (Å²) in [6.07, 6.45) is 1.46. The molecule has 1 aromatic carbocycles. The van der Waals surface area contributed by atoms with Gasteiger partial charge in [-0.2, -0.15) is 21.8 Å². The van der Waals surface area contributed by atoms with Crippen molar-refractivity contribution in [1.29, 1.82) is 0 Å². The summed E-state index contributed by atoms with van der Waals surface area (Å²) in [6.45, 7) is 4.29. The van der Waals surface area contributed by atoms with Crippen molar-refractivity contribution in [3.8, 4) is 0 Å². The summed E-state index contributed by atoms with van der Waals surface area (Å²) < 4.78 is 7.15. The first-order valence-corrected chi connectivity index (χ1v) is 9.52. The van der Waals surface area contributed by atoms with Crippen LogP contribution in [0, 0.1) is 0 Å². The predicted octanol–water partition coefficient (Wildman–Crippen LogP) is 3.52. The summed E-state index contributed by atoms with van der Waals surface area (Å²) in [5.74, 6) is 2.00. The molecule has 3 rings (SSSR count). The first-order valence-electron chi connectivity index (χ1n) is 7.99. The minimum absolute atomic E-state index is 0.354. The number of ether oxygens (including phenoxy) is 1. The third-order valence-corrected chi connectivity index (χ3v) is 4.94. The number of benzene rings is 1. The van der Waals surface area contributed by atoms with Gasteiger partial charge < -0.3 is 10.1 Å². The number of esters is 1. The van der Waals surface area contributed by atoms with E-state index < -0.39 is 6.04 Å². The van der Waals surface area contributed by atoms with Crippen LogP contribution in [0.5, 0.6) is 0 Å². The number of carbonyl (C=O) groups is 1. The van der Waals surface area contributed by atoms with Crippen molar-refractivity contribution in [2.45, 2.75) is 19.9 Å². The van der Waals surface area contributed by atoms with Crippen LogP contribution in [0.3, 0.4) is 0 Å². The van der Waals surface area contributed by atoms with Crippen molar-refractivity contribution >= 4 is 35.3 Å². The van der Waals surface area contributed by atoms with E-state index in [1.54, 1.807) is 22.5 Å². The van der Waals surface area contributed by atoms with E-state index in [9.17, 15) is 4.79 Å². The number of fused-ring (bicyclic) bond motifs is 1. The summed E-state index contributed by atoms with van der Waals surface area (Å²) in [5, 5.41) is 7.99. The van der Waals surface area contributed by atoms with E-state index in [4.69, 9.17) is 16.3 Å². The molecular formula is C17H19ClN4O2S. The van der Waals surface area contributed by atoms with Gasteiger partial charge in [0, 0.05) is 16.5 Å². The predicted molar refractivity (Wildman–Crippen MR) is 99.9 cm³/mol. The lowest BCUT2D eigenvalue weighted by molar-refractivity contribution is -0.138. The van der Waals surface area contributed by atoms with Crippen LogP contribution >= 0.6 is 23.4 Å². The van der Waals surface area contributed by atoms with Gasteiger partial charge >= 0.3 is 5.97 Å². The molecule has 0 saturated heterocycles. The van der Waals surface area contributed by atoms with Crippen LogP contribution in [0.15, 0.2) is 41.9 Å². The Bertz CT molecular complexity index is 805. The molecule has 0 radical (unpaired) electrons. The fourth-order valence-electron chi connectivity index (χ4n) is 2.76. The topological polar surface area (TPSA) is 69.0 Å². The minimum Gasteiger partial charge on any atom is -0.461 e. The fraction of sp³-hybridized carbons (Fsp3) is 0.353. The first kappa shape index (κ1) is 17.8. The molecule has 2 heterocycles. The van der Waals surface area contributed by atoms with Crippen molar-refractivity contribution in [2.75, 3.05) is 23.4 Å².